The van der Waals surface area contributed by atoms with Crippen molar-refractivity contribution < 1.29 is 0 Å². The van der Waals surface area contributed by atoms with Crippen molar-refractivity contribution in [2.75, 3.05) is 51.6 Å². The van der Waals surface area contributed by atoms with E-state index in [1.54, 1.807) is 0 Å². The Morgan fingerprint density at radius 2 is 1.62 bits per heavy atom. The number of hydrogen-bond acceptors (Lipinski definition) is 3. The molecule has 0 bridgehead atoms. The van der Waals surface area contributed by atoms with Crippen LogP contribution in [0, 0.1) is 20.8 Å². The number of guanidine groups is 1. The van der Waals surface area contributed by atoms with Crippen molar-refractivity contribution in [2.45, 2.75) is 46.5 Å². The predicted molar refractivity (Wildman–Crippen MR) is 113 cm³/mol. The van der Waals surface area contributed by atoms with Crippen molar-refractivity contribution in [2.24, 2.45) is 10.7 Å². The van der Waals surface area contributed by atoms with Gasteiger partial charge < -0.3 is 20.9 Å². The molecule has 0 spiro atoms. The Bertz CT molecular complexity index is 565. The van der Waals surface area contributed by atoms with Gasteiger partial charge in [-0.1, -0.05) is 30.5 Å². The van der Waals surface area contributed by atoms with E-state index in [1.165, 1.54) is 35.2 Å². The molecule has 0 aromatic heterocycles. The highest BCUT2D eigenvalue weighted by Crippen LogP contribution is 2.22. The van der Waals surface area contributed by atoms with E-state index in [2.05, 4.69) is 55.1 Å². The molecule has 26 heavy (non-hydrogen) atoms. The van der Waals surface area contributed by atoms with E-state index in [-0.39, 0.29) is 0 Å². The quantitative estimate of drug-likeness (QED) is 0.446. The fourth-order valence-electron chi connectivity index (χ4n) is 3.52. The molecular weight excluding hydrogens is 322 g/mol. The maximum absolute atomic E-state index is 5.58. The minimum absolute atomic E-state index is 0.795. The summed E-state index contributed by atoms with van der Waals surface area (Å²) in [4.78, 5) is 9.73. The van der Waals surface area contributed by atoms with Crippen LogP contribution >= 0.6 is 0 Å². The summed E-state index contributed by atoms with van der Waals surface area (Å²) in [7, 11) is 2.19. The topological polar surface area (TPSA) is 56.9 Å². The molecule has 0 radical (unpaired) electrons. The van der Waals surface area contributed by atoms with Crippen LogP contribution in [-0.2, 0) is 0 Å². The van der Waals surface area contributed by atoms with Gasteiger partial charge in [0.2, 0.25) is 0 Å². The number of aryl methyl sites for hydroxylation is 3. The highest BCUT2D eigenvalue weighted by atomic mass is 15.3. The highest BCUT2D eigenvalue weighted by molar-refractivity contribution is 5.95. The van der Waals surface area contributed by atoms with Crippen molar-refractivity contribution in [3.8, 4) is 0 Å². The normalized spacial score (nSPS) is 16.2. The maximum atomic E-state index is 5.58. The summed E-state index contributed by atoms with van der Waals surface area (Å²) in [5, 5.41) is 3.67. The van der Waals surface area contributed by atoms with Gasteiger partial charge in [0.1, 0.15) is 0 Å². The number of anilines is 1. The third kappa shape index (κ3) is 6.29. The molecule has 5 heteroatoms. The Balaban J connectivity index is 2.07. The lowest BCUT2D eigenvalue weighted by Crippen LogP contribution is -2.49. The van der Waals surface area contributed by atoms with Gasteiger partial charge in [0, 0.05) is 38.4 Å². The summed E-state index contributed by atoms with van der Waals surface area (Å²) in [6, 6.07) is 4.48. The van der Waals surface area contributed by atoms with E-state index >= 15 is 0 Å². The molecule has 1 aromatic carbocycles. The number of nitrogens with one attached hydrogen (secondary N) is 1. The second-order valence-corrected chi connectivity index (χ2v) is 7.60. The van der Waals surface area contributed by atoms with Crippen LogP contribution in [0.25, 0.3) is 0 Å². The van der Waals surface area contributed by atoms with Crippen molar-refractivity contribution in [1.29, 1.82) is 0 Å². The molecule has 1 heterocycles. The first-order chi connectivity index (χ1) is 12.5. The zero-order valence-corrected chi connectivity index (χ0v) is 17.1. The Morgan fingerprint density at radius 1 is 1.00 bits per heavy atom. The lowest BCUT2D eigenvalue weighted by atomic mass is 10.1. The molecule has 146 valence electrons. The van der Waals surface area contributed by atoms with E-state index < -0.39 is 0 Å². The minimum atomic E-state index is 0.795. The minimum Gasteiger partial charge on any atom is -0.340 e. The van der Waals surface area contributed by atoms with Gasteiger partial charge in [-0.25, -0.2) is 0 Å². The summed E-state index contributed by atoms with van der Waals surface area (Å²) >= 11 is 0. The van der Waals surface area contributed by atoms with Crippen molar-refractivity contribution in [3.05, 3.63) is 28.8 Å². The molecule has 2 rings (SSSR count). The smallest absolute Gasteiger partial charge is 0.198 e. The molecule has 0 amide bonds. The fraction of sp³-hybridized carbons (Fsp3) is 0.667. The average molecular weight is 360 g/mol. The standard InChI is InChI=1S/C21H37N5/c1-17-15-18(2)20(19(3)16-17)24-21(23-10-8-6-5-7-9-22)26-13-11-25(4)12-14-26/h15-16H,5-14,22H2,1-4H3,(H,23,24). The van der Waals surface area contributed by atoms with E-state index in [0.717, 1.165) is 58.1 Å². The number of rotatable bonds is 7. The zero-order chi connectivity index (χ0) is 18.9. The first-order valence-electron chi connectivity index (χ1n) is 10.0. The molecule has 3 N–H and O–H groups in total. The molecule has 5 nitrogen and oxygen atoms in total. The average Bonchev–Trinajstić information content (AvgIpc) is 2.60. The third-order valence-electron chi connectivity index (χ3n) is 5.09. The predicted octanol–water partition coefficient (Wildman–Crippen LogP) is 3.15. The summed E-state index contributed by atoms with van der Waals surface area (Å²) in [6.07, 6.45) is 4.67. The van der Waals surface area contributed by atoms with Crippen molar-refractivity contribution >= 4 is 11.6 Å². The van der Waals surface area contributed by atoms with Gasteiger partial charge in [-0.05, 0) is 58.3 Å². The molecule has 0 atom stereocenters. The first-order valence-corrected chi connectivity index (χ1v) is 10.0. The maximum Gasteiger partial charge on any atom is 0.198 e. The largest absolute Gasteiger partial charge is 0.340 e. The second-order valence-electron chi connectivity index (χ2n) is 7.60. The molecule has 0 unspecified atom stereocenters. The van der Waals surface area contributed by atoms with Crippen LogP contribution in [0.15, 0.2) is 17.1 Å². The molecule has 1 aromatic rings. The molecule has 1 aliphatic heterocycles. The van der Waals surface area contributed by atoms with Crippen molar-refractivity contribution in [3.63, 3.8) is 0 Å². The Morgan fingerprint density at radius 3 is 2.23 bits per heavy atom. The summed E-state index contributed by atoms with van der Waals surface area (Å²) < 4.78 is 0. The summed E-state index contributed by atoms with van der Waals surface area (Å²) in [5.41, 5.74) is 10.7. The number of nitrogens with zero attached hydrogens (tertiary/aromatic N) is 3. The number of unbranched alkanes of at least 4 members (excludes halogenated alkanes) is 3. The molecule has 0 aliphatic carbocycles. The Hall–Kier alpha value is -1.59. The molecule has 1 saturated heterocycles. The van der Waals surface area contributed by atoms with Crippen LogP contribution < -0.4 is 11.1 Å². The van der Waals surface area contributed by atoms with Crippen LogP contribution in [0.2, 0.25) is 0 Å². The number of hydrogen-bond donors (Lipinski definition) is 2. The van der Waals surface area contributed by atoms with Crippen LogP contribution in [0.4, 0.5) is 5.69 Å². The van der Waals surface area contributed by atoms with Gasteiger partial charge in [-0.3, -0.25) is 4.99 Å². The van der Waals surface area contributed by atoms with Gasteiger partial charge >= 0.3 is 0 Å². The van der Waals surface area contributed by atoms with E-state index in [1.807, 2.05) is 0 Å². The van der Waals surface area contributed by atoms with E-state index in [4.69, 9.17) is 10.7 Å². The number of nitrogens with two attached hydrogens (primary N) is 1. The fourth-order valence-corrected chi connectivity index (χ4v) is 3.52. The van der Waals surface area contributed by atoms with Crippen LogP contribution in [0.1, 0.15) is 42.4 Å². The first kappa shape index (κ1) is 20.7. The van der Waals surface area contributed by atoms with Crippen molar-refractivity contribution in [1.82, 2.24) is 9.80 Å². The number of benzene rings is 1. The number of likely N-dealkylation sites (N-methyl/N-ethyl adjacent to an activating group) is 1. The molecule has 1 fully saturated rings. The molecule has 0 saturated carbocycles. The lowest BCUT2D eigenvalue weighted by Gasteiger charge is -2.35. The summed E-state index contributed by atoms with van der Waals surface area (Å²) in [6.45, 7) is 12.4. The third-order valence-corrected chi connectivity index (χ3v) is 5.09. The highest BCUT2D eigenvalue weighted by Gasteiger charge is 2.18. The van der Waals surface area contributed by atoms with Crippen LogP contribution in [0.3, 0.4) is 0 Å². The van der Waals surface area contributed by atoms with Gasteiger partial charge in [-0.15, -0.1) is 0 Å². The van der Waals surface area contributed by atoms with Gasteiger partial charge in [0.05, 0.1) is 0 Å². The lowest BCUT2D eigenvalue weighted by molar-refractivity contribution is 0.215. The van der Waals surface area contributed by atoms with Gasteiger partial charge in [0.15, 0.2) is 5.96 Å². The number of aliphatic imine (C=N–C) groups is 1. The van der Waals surface area contributed by atoms with Crippen LogP contribution in [-0.4, -0.2) is 62.1 Å². The van der Waals surface area contributed by atoms with Gasteiger partial charge in [-0.2, -0.15) is 0 Å². The molecule has 1 aliphatic rings. The zero-order valence-electron chi connectivity index (χ0n) is 17.1. The van der Waals surface area contributed by atoms with E-state index in [9.17, 15) is 0 Å². The number of piperazine rings is 1. The van der Waals surface area contributed by atoms with E-state index in [0.29, 0.717) is 0 Å². The Kier molecular flexibility index (Phi) is 8.39. The monoisotopic (exact) mass is 359 g/mol. The second kappa shape index (κ2) is 10.5. The Labute approximate surface area is 159 Å². The molecular formula is C21H37N5. The van der Waals surface area contributed by atoms with Gasteiger partial charge in [0.25, 0.3) is 0 Å². The summed E-state index contributed by atoms with van der Waals surface area (Å²) in [5.74, 6) is 1.03. The van der Waals surface area contributed by atoms with Crippen LogP contribution in [0.5, 0.6) is 0 Å². The SMILES string of the molecule is Cc1cc(C)c(NC(=NCCCCCCN)N2CCN(C)CC2)c(C)c1.